The van der Waals surface area contributed by atoms with Crippen LogP contribution in [0.4, 0.5) is 0 Å². The van der Waals surface area contributed by atoms with Crippen LogP contribution in [0.25, 0.3) is 33.2 Å². The zero-order chi connectivity index (χ0) is 20.1. The average Bonchev–Trinajstić information content (AvgIpc) is 3.09. The zero-order valence-electron chi connectivity index (χ0n) is 14.8. The number of nitrogens with zero attached hydrogens (tertiary/aromatic N) is 3. The molecule has 10 heteroatoms. The van der Waals surface area contributed by atoms with Crippen molar-refractivity contribution in [1.82, 2.24) is 14.2 Å². The van der Waals surface area contributed by atoms with Gasteiger partial charge in [0.25, 0.3) is 0 Å². The second kappa shape index (κ2) is 6.95. The summed E-state index contributed by atoms with van der Waals surface area (Å²) in [6.45, 7) is 0. The fourth-order valence-corrected chi connectivity index (χ4v) is 4.60. The van der Waals surface area contributed by atoms with Crippen LogP contribution in [0.1, 0.15) is 0 Å². The quantitative estimate of drug-likeness (QED) is 0.307. The Bertz CT molecular complexity index is 1360. The van der Waals surface area contributed by atoms with Crippen LogP contribution >= 0.6 is 22.6 Å². The van der Waals surface area contributed by atoms with Crippen LogP contribution in [-0.4, -0.2) is 36.8 Å². The van der Waals surface area contributed by atoms with Crippen molar-refractivity contribution in [1.29, 1.82) is 0 Å². The summed E-state index contributed by atoms with van der Waals surface area (Å²) in [6.07, 6.45) is 1.38. The van der Waals surface area contributed by atoms with E-state index in [2.05, 4.69) is 5.10 Å². The Balaban J connectivity index is 2.11. The van der Waals surface area contributed by atoms with E-state index in [0.717, 1.165) is 9.15 Å². The lowest BCUT2D eigenvalue weighted by molar-refractivity contribution is 0.00300. The van der Waals surface area contributed by atoms with Crippen molar-refractivity contribution in [3.63, 3.8) is 0 Å². The fraction of sp³-hybridized carbons (Fsp3) is 0.111. The number of fused-ring (bicyclic) bond motifs is 3. The lowest BCUT2D eigenvalue weighted by Crippen LogP contribution is -2.25. The number of aromatic nitrogens is 2. The summed E-state index contributed by atoms with van der Waals surface area (Å²) >= 11 is 1.94. The van der Waals surface area contributed by atoms with Crippen molar-refractivity contribution < 1.29 is 17.1 Å². The summed E-state index contributed by atoms with van der Waals surface area (Å²) in [4.78, 5) is 12.9. The lowest BCUT2D eigenvalue weighted by Gasteiger charge is -2.12. The number of benzene rings is 2. The number of hydroxylamine groups is 2. The topological polar surface area (TPSA) is 94.6 Å². The minimum atomic E-state index is -4.27. The summed E-state index contributed by atoms with van der Waals surface area (Å²) < 4.78 is 37.3. The van der Waals surface area contributed by atoms with Gasteiger partial charge < -0.3 is 4.42 Å². The highest BCUT2D eigenvalue weighted by atomic mass is 127. The molecule has 0 amide bonds. The van der Waals surface area contributed by atoms with Gasteiger partial charge in [0, 0.05) is 25.0 Å². The molecule has 8 nitrogen and oxygen atoms in total. The number of hydrogen-bond donors (Lipinski definition) is 0. The van der Waals surface area contributed by atoms with E-state index in [1.54, 1.807) is 12.1 Å². The highest BCUT2D eigenvalue weighted by Gasteiger charge is 2.24. The Morgan fingerprint density at radius 3 is 2.54 bits per heavy atom. The van der Waals surface area contributed by atoms with Gasteiger partial charge in [0.2, 0.25) is 5.43 Å². The standard InChI is InChI=1S/C18H14IN3O5S/c1-21(2)27-28(24,25)22-15-12(10-20-22)8-9-13-16(23)14(19)17(26-18(13)15)11-6-4-3-5-7-11/h3-10H,1-2H3. The smallest absolute Gasteiger partial charge is 0.398 e. The summed E-state index contributed by atoms with van der Waals surface area (Å²) in [5.41, 5.74) is 0.734. The van der Waals surface area contributed by atoms with Gasteiger partial charge >= 0.3 is 10.3 Å². The maximum atomic E-state index is 12.9. The van der Waals surface area contributed by atoms with Crippen molar-refractivity contribution in [2.75, 3.05) is 14.1 Å². The van der Waals surface area contributed by atoms with Crippen LogP contribution in [0.2, 0.25) is 0 Å². The Labute approximate surface area is 173 Å². The Morgan fingerprint density at radius 2 is 1.86 bits per heavy atom. The summed E-state index contributed by atoms with van der Waals surface area (Å²) in [7, 11) is -1.38. The van der Waals surface area contributed by atoms with Crippen molar-refractivity contribution in [2.24, 2.45) is 0 Å². The molecule has 28 heavy (non-hydrogen) atoms. The van der Waals surface area contributed by atoms with Gasteiger partial charge in [-0.1, -0.05) is 36.4 Å². The molecule has 144 valence electrons. The Morgan fingerprint density at radius 1 is 1.14 bits per heavy atom. The van der Waals surface area contributed by atoms with Gasteiger partial charge in [-0.25, -0.2) is 0 Å². The molecule has 0 atom stereocenters. The van der Waals surface area contributed by atoms with E-state index in [1.807, 2.05) is 52.9 Å². The zero-order valence-corrected chi connectivity index (χ0v) is 17.8. The first kappa shape index (κ1) is 19.1. The van der Waals surface area contributed by atoms with Crippen LogP contribution in [0.3, 0.4) is 0 Å². The third-order valence-corrected chi connectivity index (χ3v) is 6.16. The minimum absolute atomic E-state index is 0.130. The molecule has 0 saturated heterocycles. The van der Waals surface area contributed by atoms with E-state index in [9.17, 15) is 13.2 Å². The van der Waals surface area contributed by atoms with Crippen molar-refractivity contribution in [2.45, 2.75) is 0 Å². The predicted octanol–water partition coefficient (Wildman–Crippen LogP) is 3.00. The van der Waals surface area contributed by atoms with E-state index < -0.39 is 10.3 Å². The second-order valence-electron chi connectivity index (χ2n) is 6.15. The highest BCUT2D eigenvalue weighted by Crippen LogP contribution is 2.31. The predicted molar refractivity (Wildman–Crippen MR) is 113 cm³/mol. The second-order valence-corrected chi connectivity index (χ2v) is 8.58. The van der Waals surface area contributed by atoms with Crippen LogP contribution in [0, 0.1) is 3.57 Å². The highest BCUT2D eigenvalue weighted by molar-refractivity contribution is 14.1. The Hall–Kier alpha value is -2.28. The molecule has 0 saturated carbocycles. The van der Waals surface area contributed by atoms with Crippen LogP contribution in [-0.2, 0) is 14.6 Å². The van der Waals surface area contributed by atoms with Crippen LogP contribution < -0.4 is 5.43 Å². The summed E-state index contributed by atoms with van der Waals surface area (Å²) in [6, 6.07) is 12.4. The van der Waals surface area contributed by atoms with E-state index in [-0.39, 0.29) is 21.9 Å². The molecule has 0 fully saturated rings. The van der Waals surface area contributed by atoms with E-state index in [1.165, 1.54) is 20.3 Å². The third kappa shape index (κ3) is 3.11. The van der Waals surface area contributed by atoms with Crippen molar-refractivity contribution >= 4 is 54.8 Å². The normalized spacial score (nSPS) is 12.3. The van der Waals surface area contributed by atoms with Gasteiger partial charge in [-0.2, -0.15) is 22.9 Å². The van der Waals surface area contributed by atoms with E-state index in [0.29, 0.717) is 20.3 Å². The number of rotatable bonds is 4. The van der Waals surface area contributed by atoms with Gasteiger partial charge in [-0.05, 0) is 28.7 Å². The van der Waals surface area contributed by atoms with Gasteiger partial charge in [0.15, 0.2) is 11.3 Å². The van der Waals surface area contributed by atoms with Gasteiger partial charge in [-0.3, -0.25) is 4.79 Å². The molecule has 2 aromatic carbocycles. The maximum absolute atomic E-state index is 12.9. The molecule has 0 aliphatic carbocycles. The van der Waals surface area contributed by atoms with Gasteiger partial charge in [0.1, 0.15) is 9.09 Å². The molecule has 0 aliphatic heterocycles. The number of hydrogen-bond acceptors (Lipinski definition) is 7. The van der Waals surface area contributed by atoms with Crippen molar-refractivity contribution in [3.05, 3.63) is 62.5 Å². The third-order valence-electron chi connectivity index (χ3n) is 3.99. The number of halogens is 1. The first-order chi connectivity index (χ1) is 13.3. The van der Waals surface area contributed by atoms with Gasteiger partial charge in [-0.15, -0.1) is 4.09 Å². The molecule has 4 rings (SSSR count). The van der Waals surface area contributed by atoms with E-state index in [4.69, 9.17) is 8.70 Å². The molecule has 0 unspecified atom stereocenters. The van der Waals surface area contributed by atoms with Crippen LogP contribution in [0.5, 0.6) is 0 Å². The largest absolute Gasteiger partial charge is 0.452 e. The van der Waals surface area contributed by atoms with Gasteiger partial charge in [0.05, 0.1) is 11.6 Å². The molecule has 4 aromatic rings. The Kier molecular flexibility index (Phi) is 4.73. The molecule has 0 bridgehead atoms. The molecule has 2 aromatic heterocycles. The molecule has 0 spiro atoms. The summed E-state index contributed by atoms with van der Waals surface area (Å²) in [5.74, 6) is 0.366. The molecule has 0 radical (unpaired) electrons. The molecule has 2 heterocycles. The first-order valence-electron chi connectivity index (χ1n) is 8.10. The van der Waals surface area contributed by atoms with Crippen LogP contribution in [0.15, 0.2) is 57.9 Å². The first-order valence-corrected chi connectivity index (χ1v) is 10.5. The summed E-state index contributed by atoms with van der Waals surface area (Å²) in [5, 5.41) is 5.75. The minimum Gasteiger partial charge on any atom is -0.452 e. The molecular weight excluding hydrogens is 497 g/mol. The molecule has 0 N–H and O–H groups in total. The maximum Gasteiger partial charge on any atom is 0.398 e. The monoisotopic (exact) mass is 511 g/mol. The lowest BCUT2D eigenvalue weighted by atomic mass is 10.1. The fourth-order valence-electron chi connectivity index (χ4n) is 2.88. The molecular formula is C18H14IN3O5S. The SMILES string of the molecule is CN(C)OS(=O)(=O)n1ncc2ccc3c(=O)c(I)c(-c4ccccc4)oc3c21. The van der Waals surface area contributed by atoms with Crippen molar-refractivity contribution in [3.8, 4) is 11.3 Å². The van der Waals surface area contributed by atoms with E-state index >= 15 is 0 Å². The average molecular weight is 511 g/mol. The molecule has 0 aliphatic rings.